The molecule has 1 N–H and O–H groups in total. The molecule has 0 radical (unpaired) electrons. The van der Waals surface area contributed by atoms with Crippen LogP contribution in [-0.4, -0.2) is 41.2 Å². The summed E-state index contributed by atoms with van der Waals surface area (Å²) < 4.78 is 0. The summed E-state index contributed by atoms with van der Waals surface area (Å²) in [6.07, 6.45) is 2.58. The van der Waals surface area contributed by atoms with Crippen molar-refractivity contribution in [1.82, 2.24) is 9.88 Å². The highest BCUT2D eigenvalue weighted by Gasteiger charge is 2.29. The molecule has 1 aliphatic heterocycles. The predicted octanol–water partition coefficient (Wildman–Crippen LogP) is 1.70. The molecule has 2 atom stereocenters. The number of fused-ring (bicyclic) bond motifs is 1. The predicted molar refractivity (Wildman–Crippen MR) is 72.4 cm³/mol. The van der Waals surface area contributed by atoms with E-state index in [2.05, 4.69) is 29.1 Å². The van der Waals surface area contributed by atoms with Gasteiger partial charge in [-0.25, -0.2) is 0 Å². The molecule has 3 rings (SSSR count). The second-order valence-electron chi connectivity index (χ2n) is 5.24. The SMILES string of the molecule is CN1C[C@@H](Cc2ccnc3ccccc23)[C@H](O)C1. The van der Waals surface area contributed by atoms with E-state index in [1.54, 1.807) is 0 Å². The van der Waals surface area contributed by atoms with Crippen molar-refractivity contribution in [3.8, 4) is 0 Å². The summed E-state index contributed by atoms with van der Waals surface area (Å²) >= 11 is 0. The molecule has 0 bridgehead atoms. The number of hydrogen-bond donors (Lipinski definition) is 1. The fraction of sp³-hybridized carbons (Fsp3) is 0.400. The van der Waals surface area contributed by atoms with Gasteiger partial charge >= 0.3 is 0 Å². The van der Waals surface area contributed by atoms with Crippen molar-refractivity contribution in [1.29, 1.82) is 0 Å². The number of rotatable bonds is 2. The third-order valence-corrected chi connectivity index (χ3v) is 3.81. The van der Waals surface area contributed by atoms with Crippen LogP contribution >= 0.6 is 0 Å². The van der Waals surface area contributed by atoms with Crippen LogP contribution in [0.1, 0.15) is 5.56 Å². The number of benzene rings is 1. The molecule has 1 saturated heterocycles. The molecule has 2 heterocycles. The van der Waals surface area contributed by atoms with Crippen LogP contribution in [0.15, 0.2) is 36.5 Å². The van der Waals surface area contributed by atoms with E-state index in [9.17, 15) is 5.11 Å². The number of aromatic nitrogens is 1. The molecule has 2 aromatic rings. The van der Waals surface area contributed by atoms with Gasteiger partial charge in [0.1, 0.15) is 0 Å². The zero-order chi connectivity index (χ0) is 12.5. The van der Waals surface area contributed by atoms with Crippen molar-refractivity contribution in [2.75, 3.05) is 20.1 Å². The van der Waals surface area contributed by atoms with Crippen LogP contribution in [0.25, 0.3) is 10.9 Å². The topological polar surface area (TPSA) is 36.4 Å². The number of likely N-dealkylation sites (tertiary alicyclic amines) is 1. The lowest BCUT2D eigenvalue weighted by Crippen LogP contribution is -2.20. The Bertz CT molecular complexity index is 550. The van der Waals surface area contributed by atoms with E-state index in [0.29, 0.717) is 5.92 Å². The summed E-state index contributed by atoms with van der Waals surface area (Å²) in [6, 6.07) is 10.3. The van der Waals surface area contributed by atoms with Gasteiger partial charge in [-0.2, -0.15) is 0 Å². The third-order valence-electron chi connectivity index (χ3n) is 3.81. The van der Waals surface area contributed by atoms with Crippen molar-refractivity contribution >= 4 is 10.9 Å². The molecule has 0 saturated carbocycles. The lowest BCUT2D eigenvalue weighted by Gasteiger charge is -2.14. The van der Waals surface area contributed by atoms with Crippen LogP contribution in [0.5, 0.6) is 0 Å². The molecule has 3 heteroatoms. The molecular weight excluding hydrogens is 224 g/mol. The summed E-state index contributed by atoms with van der Waals surface area (Å²) in [4.78, 5) is 6.57. The van der Waals surface area contributed by atoms with Crippen molar-refractivity contribution in [3.05, 3.63) is 42.1 Å². The summed E-state index contributed by atoms with van der Waals surface area (Å²) in [5, 5.41) is 11.2. The van der Waals surface area contributed by atoms with Gasteiger partial charge in [0.15, 0.2) is 0 Å². The van der Waals surface area contributed by atoms with Crippen molar-refractivity contribution in [2.24, 2.45) is 5.92 Å². The number of likely N-dealkylation sites (N-methyl/N-ethyl adjacent to an activating group) is 1. The van der Waals surface area contributed by atoms with Gasteiger partial charge in [0.2, 0.25) is 0 Å². The van der Waals surface area contributed by atoms with E-state index in [4.69, 9.17) is 0 Å². The number of aliphatic hydroxyl groups excluding tert-OH is 1. The molecule has 0 spiro atoms. The molecule has 0 unspecified atom stereocenters. The van der Waals surface area contributed by atoms with Crippen LogP contribution in [-0.2, 0) is 6.42 Å². The molecule has 0 amide bonds. The van der Waals surface area contributed by atoms with Crippen molar-refractivity contribution in [2.45, 2.75) is 12.5 Å². The van der Waals surface area contributed by atoms with Crippen molar-refractivity contribution < 1.29 is 5.11 Å². The number of nitrogens with zero attached hydrogens (tertiary/aromatic N) is 2. The Labute approximate surface area is 107 Å². The van der Waals surface area contributed by atoms with E-state index < -0.39 is 0 Å². The number of aliphatic hydroxyl groups is 1. The van der Waals surface area contributed by atoms with Gasteiger partial charge < -0.3 is 10.0 Å². The molecule has 1 fully saturated rings. The standard InChI is InChI=1S/C15H18N2O/c1-17-9-12(15(18)10-17)8-11-6-7-16-14-5-3-2-4-13(11)14/h2-7,12,15,18H,8-10H2,1H3/t12-,15-/m1/s1. The number of para-hydroxylation sites is 1. The van der Waals surface area contributed by atoms with Gasteiger partial charge in [0.05, 0.1) is 11.6 Å². The summed E-state index contributed by atoms with van der Waals surface area (Å²) in [5.41, 5.74) is 2.33. The lowest BCUT2D eigenvalue weighted by atomic mass is 9.94. The van der Waals surface area contributed by atoms with E-state index in [1.165, 1.54) is 10.9 Å². The van der Waals surface area contributed by atoms with Gasteiger partial charge in [-0.05, 0) is 31.2 Å². The maximum atomic E-state index is 10.0. The van der Waals surface area contributed by atoms with Crippen LogP contribution in [0, 0.1) is 5.92 Å². The van der Waals surface area contributed by atoms with Crippen LogP contribution in [0.4, 0.5) is 0 Å². The minimum atomic E-state index is -0.207. The van der Waals surface area contributed by atoms with Crippen LogP contribution < -0.4 is 0 Å². The first kappa shape index (κ1) is 11.6. The molecular formula is C15H18N2O. The zero-order valence-electron chi connectivity index (χ0n) is 10.6. The summed E-state index contributed by atoms with van der Waals surface area (Å²) in [7, 11) is 2.06. The highest BCUT2D eigenvalue weighted by atomic mass is 16.3. The monoisotopic (exact) mass is 242 g/mol. The smallest absolute Gasteiger partial charge is 0.0710 e. The first-order valence-electron chi connectivity index (χ1n) is 6.43. The fourth-order valence-corrected chi connectivity index (χ4v) is 2.88. The highest BCUT2D eigenvalue weighted by Crippen LogP contribution is 2.24. The Kier molecular flexibility index (Phi) is 3.02. The first-order valence-corrected chi connectivity index (χ1v) is 6.43. The fourth-order valence-electron chi connectivity index (χ4n) is 2.88. The molecule has 94 valence electrons. The Morgan fingerprint density at radius 3 is 2.89 bits per heavy atom. The summed E-state index contributed by atoms with van der Waals surface area (Å²) in [6.45, 7) is 1.76. The quantitative estimate of drug-likeness (QED) is 0.870. The van der Waals surface area contributed by atoms with Gasteiger partial charge in [-0.3, -0.25) is 4.98 Å². The Morgan fingerprint density at radius 2 is 2.11 bits per heavy atom. The van der Waals surface area contributed by atoms with Crippen LogP contribution in [0.3, 0.4) is 0 Å². The molecule has 0 aliphatic carbocycles. The van der Waals surface area contributed by atoms with E-state index in [0.717, 1.165) is 25.0 Å². The number of pyridine rings is 1. The maximum Gasteiger partial charge on any atom is 0.0710 e. The van der Waals surface area contributed by atoms with Gasteiger partial charge in [0.25, 0.3) is 0 Å². The van der Waals surface area contributed by atoms with Gasteiger partial charge in [-0.15, -0.1) is 0 Å². The molecule has 1 aromatic carbocycles. The Balaban J connectivity index is 1.91. The third kappa shape index (κ3) is 2.11. The van der Waals surface area contributed by atoms with Crippen LogP contribution in [0.2, 0.25) is 0 Å². The average Bonchev–Trinajstić information content (AvgIpc) is 2.68. The second kappa shape index (κ2) is 4.67. The minimum Gasteiger partial charge on any atom is -0.391 e. The highest BCUT2D eigenvalue weighted by molar-refractivity contribution is 5.81. The van der Waals surface area contributed by atoms with E-state index in [-0.39, 0.29) is 6.10 Å². The molecule has 3 nitrogen and oxygen atoms in total. The average molecular weight is 242 g/mol. The van der Waals surface area contributed by atoms with Gasteiger partial charge in [-0.1, -0.05) is 18.2 Å². The largest absolute Gasteiger partial charge is 0.391 e. The van der Waals surface area contributed by atoms with E-state index in [1.807, 2.05) is 24.4 Å². The molecule has 1 aromatic heterocycles. The number of β-amino-alcohol motifs (C(OH)–C–C–N with tert-alkyl or cyclic N) is 1. The van der Waals surface area contributed by atoms with Gasteiger partial charge in [0, 0.05) is 30.6 Å². The van der Waals surface area contributed by atoms with E-state index >= 15 is 0 Å². The Morgan fingerprint density at radius 1 is 1.28 bits per heavy atom. The maximum absolute atomic E-state index is 10.0. The molecule has 1 aliphatic rings. The lowest BCUT2D eigenvalue weighted by molar-refractivity contribution is 0.143. The molecule has 18 heavy (non-hydrogen) atoms. The summed E-state index contributed by atoms with van der Waals surface area (Å²) in [5.74, 6) is 0.334. The zero-order valence-corrected chi connectivity index (χ0v) is 10.6. The Hall–Kier alpha value is -1.45. The first-order chi connectivity index (χ1) is 8.74. The van der Waals surface area contributed by atoms with Crippen molar-refractivity contribution in [3.63, 3.8) is 0 Å². The second-order valence-corrected chi connectivity index (χ2v) is 5.24. The minimum absolute atomic E-state index is 0.207. The number of hydrogen-bond acceptors (Lipinski definition) is 3. The normalized spacial score (nSPS) is 24.8.